The van der Waals surface area contributed by atoms with Crippen LogP contribution in [0.15, 0.2) is 72.8 Å². The van der Waals surface area contributed by atoms with Crippen LogP contribution in [0.25, 0.3) is 11.1 Å². The molecule has 3 heteroatoms. The zero-order chi connectivity index (χ0) is 37.9. The molecule has 0 aliphatic heterocycles. The van der Waals surface area contributed by atoms with Gasteiger partial charge in [-0.3, -0.25) is 0 Å². The topological polar surface area (TPSA) is 0 Å². The Bertz CT molecular complexity index is 1590. The summed E-state index contributed by atoms with van der Waals surface area (Å²) >= 11 is -0.826. The van der Waals surface area contributed by atoms with Gasteiger partial charge in [-0.2, -0.15) is 0 Å². The van der Waals surface area contributed by atoms with Crippen LogP contribution in [0.5, 0.6) is 0 Å². The third-order valence-corrected chi connectivity index (χ3v) is 11.2. The quantitative estimate of drug-likeness (QED) is 0.0931. The van der Waals surface area contributed by atoms with Gasteiger partial charge in [-0.25, -0.2) is 0 Å². The molecule has 0 saturated heterocycles. The van der Waals surface area contributed by atoms with Gasteiger partial charge in [-0.15, -0.1) is 0 Å². The van der Waals surface area contributed by atoms with Gasteiger partial charge in [0.25, 0.3) is 0 Å². The van der Waals surface area contributed by atoms with Crippen molar-refractivity contribution in [1.82, 2.24) is 0 Å². The molecule has 1 aliphatic carbocycles. The second-order valence-corrected chi connectivity index (χ2v) is 20.7. The maximum atomic E-state index is 4.93. The van der Waals surface area contributed by atoms with E-state index in [-0.39, 0.29) is 0 Å². The van der Waals surface area contributed by atoms with Gasteiger partial charge in [0.1, 0.15) is 0 Å². The summed E-state index contributed by atoms with van der Waals surface area (Å²) in [7, 11) is 9.87. The van der Waals surface area contributed by atoms with Crippen molar-refractivity contribution in [2.24, 2.45) is 11.8 Å². The fourth-order valence-electron chi connectivity index (χ4n) is 8.15. The van der Waals surface area contributed by atoms with Gasteiger partial charge < -0.3 is 0 Å². The molecule has 52 heavy (non-hydrogen) atoms. The van der Waals surface area contributed by atoms with Crippen LogP contribution in [0, 0.1) is 18.3 Å². The average Bonchev–Trinajstić information content (AvgIpc) is 3.45. The summed E-state index contributed by atoms with van der Waals surface area (Å²) in [6.07, 6.45) is 12.2. The number of rotatable bonds is 16. The van der Waals surface area contributed by atoms with E-state index < -0.39 is 20.8 Å². The van der Waals surface area contributed by atoms with Crippen LogP contribution in [-0.2, 0) is 46.5 Å². The molecule has 0 saturated carbocycles. The van der Waals surface area contributed by atoms with Crippen LogP contribution in [0.2, 0.25) is 0 Å². The normalized spacial score (nSPS) is 13.3. The molecular formula is C49H65Cl2Zr. The van der Waals surface area contributed by atoms with Crippen molar-refractivity contribution in [2.45, 2.75) is 144 Å². The van der Waals surface area contributed by atoms with Crippen LogP contribution in [0.1, 0.15) is 174 Å². The molecule has 5 rings (SSSR count). The predicted molar refractivity (Wildman–Crippen MR) is 227 cm³/mol. The summed E-state index contributed by atoms with van der Waals surface area (Å²) in [6.45, 7) is 23.5. The van der Waals surface area contributed by atoms with Gasteiger partial charge >= 0.3 is 37.9 Å². The average molecular weight is 816 g/mol. The Labute approximate surface area is 337 Å². The number of benzene rings is 4. The predicted octanol–water partition coefficient (Wildman–Crippen LogP) is 15.5. The van der Waals surface area contributed by atoms with E-state index in [4.69, 9.17) is 17.0 Å². The van der Waals surface area contributed by atoms with E-state index in [1.165, 1.54) is 94.2 Å². The molecule has 1 aliphatic rings. The zero-order valence-electron chi connectivity index (χ0n) is 33.9. The van der Waals surface area contributed by atoms with E-state index in [2.05, 4.69) is 148 Å². The van der Waals surface area contributed by atoms with E-state index in [1.807, 2.05) is 0 Å². The molecule has 0 amide bonds. The first-order valence-electron chi connectivity index (χ1n) is 20.1. The Hall–Kier alpha value is -1.66. The molecule has 1 radical (unpaired) electrons. The van der Waals surface area contributed by atoms with Crippen molar-refractivity contribution in [3.05, 3.63) is 135 Å². The second kappa shape index (κ2) is 20.9. The molecule has 0 nitrogen and oxygen atoms in total. The molecule has 279 valence electrons. The van der Waals surface area contributed by atoms with Crippen LogP contribution in [0.4, 0.5) is 0 Å². The Morgan fingerprint density at radius 3 is 1.21 bits per heavy atom. The summed E-state index contributed by atoms with van der Waals surface area (Å²) in [5.41, 5.74) is 17.7. The molecule has 2 unspecified atom stereocenters. The summed E-state index contributed by atoms with van der Waals surface area (Å²) in [4.78, 5) is 0. The molecule has 0 fully saturated rings. The first-order valence-corrected chi connectivity index (χ1v) is 26.5. The SMILES string of the molecule is CC(CCCc1ccc2c(c1)[CH]c1cc(CCCC(C)Cc3cc(C(C)C)ccc3C(C)C)ccc1-2)Cc1cc(C(C)C)ccc1C(C)C.[Cl][Zr][Cl]. The van der Waals surface area contributed by atoms with Gasteiger partial charge in [-0.05, 0) is 141 Å². The van der Waals surface area contributed by atoms with E-state index in [1.54, 1.807) is 11.1 Å². The Balaban J connectivity index is 0.00000195. The zero-order valence-corrected chi connectivity index (χ0v) is 37.9. The Morgan fingerprint density at radius 1 is 0.481 bits per heavy atom. The molecule has 0 aromatic heterocycles. The minimum absolute atomic E-state index is 0.580. The van der Waals surface area contributed by atoms with Crippen molar-refractivity contribution in [3.63, 3.8) is 0 Å². The molecule has 0 N–H and O–H groups in total. The van der Waals surface area contributed by atoms with E-state index >= 15 is 0 Å². The van der Waals surface area contributed by atoms with E-state index in [0.29, 0.717) is 35.5 Å². The molecule has 2 atom stereocenters. The summed E-state index contributed by atoms with van der Waals surface area (Å²) in [5, 5.41) is 0. The van der Waals surface area contributed by atoms with Crippen LogP contribution in [0.3, 0.4) is 0 Å². The second-order valence-electron chi connectivity index (χ2n) is 17.0. The molecule has 0 spiro atoms. The number of hydrogen-bond acceptors (Lipinski definition) is 0. The summed E-state index contributed by atoms with van der Waals surface area (Å²) < 4.78 is 0. The third-order valence-electron chi connectivity index (χ3n) is 11.2. The Kier molecular flexibility index (Phi) is 17.3. The van der Waals surface area contributed by atoms with E-state index in [9.17, 15) is 0 Å². The fraction of sp³-hybridized carbons (Fsp3) is 0.490. The van der Waals surface area contributed by atoms with Crippen LogP contribution >= 0.6 is 17.0 Å². The fourth-order valence-corrected chi connectivity index (χ4v) is 8.15. The maximum absolute atomic E-state index is 4.93. The van der Waals surface area contributed by atoms with Gasteiger partial charge in [0.05, 0.1) is 0 Å². The van der Waals surface area contributed by atoms with Crippen molar-refractivity contribution in [3.8, 4) is 11.1 Å². The molecule has 0 bridgehead atoms. The molecular weight excluding hydrogens is 751 g/mol. The monoisotopic (exact) mass is 813 g/mol. The first kappa shape index (κ1) is 43.1. The number of halogens is 2. The van der Waals surface area contributed by atoms with Crippen molar-refractivity contribution in [2.75, 3.05) is 0 Å². The third kappa shape index (κ3) is 12.2. The van der Waals surface area contributed by atoms with Crippen molar-refractivity contribution >= 4 is 17.0 Å². The molecule has 0 heterocycles. The summed E-state index contributed by atoms with van der Waals surface area (Å²) in [5.74, 6) is 3.72. The summed E-state index contributed by atoms with van der Waals surface area (Å²) in [6, 6.07) is 28.9. The minimum atomic E-state index is -0.826. The van der Waals surface area contributed by atoms with Crippen molar-refractivity contribution < 1.29 is 20.8 Å². The van der Waals surface area contributed by atoms with Gasteiger partial charge in [-0.1, -0.05) is 155 Å². The van der Waals surface area contributed by atoms with Gasteiger partial charge in [0.15, 0.2) is 0 Å². The number of fused-ring (bicyclic) bond motifs is 3. The number of hydrogen-bond donors (Lipinski definition) is 0. The van der Waals surface area contributed by atoms with Crippen molar-refractivity contribution in [1.29, 1.82) is 0 Å². The van der Waals surface area contributed by atoms with E-state index in [0.717, 1.165) is 12.8 Å². The first-order chi connectivity index (χ1) is 24.8. The van der Waals surface area contributed by atoms with Crippen LogP contribution in [-0.4, -0.2) is 0 Å². The van der Waals surface area contributed by atoms with Gasteiger partial charge in [0, 0.05) is 6.42 Å². The molecule has 4 aromatic carbocycles. The Morgan fingerprint density at radius 2 is 0.865 bits per heavy atom. The standard InChI is InChI=1S/C49H65.2ClH.Zr/c1-32(2)40-19-23-46(34(5)6)42(29-40)25-36(9)13-11-15-38-17-21-48-44(27-38)31-45-28-39(18-22-49(45)48)16-12-14-37(10)26-43-30-41(33(3)4)20-24-47(43)35(7)8;;;/h17-24,27-37H,11-16,25-26H2,1-10H3;2*1H;/q;;;+2/p-2. The van der Waals surface area contributed by atoms with Gasteiger partial charge in [0.2, 0.25) is 0 Å². The number of aryl methyl sites for hydroxylation is 2. The van der Waals surface area contributed by atoms with Crippen LogP contribution < -0.4 is 0 Å². The molecule has 4 aromatic rings.